The van der Waals surface area contributed by atoms with Gasteiger partial charge in [0.2, 0.25) is 5.91 Å². The molecule has 140 valence electrons. The highest BCUT2D eigenvalue weighted by Crippen LogP contribution is 2.29. The van der Waals surface area contributed by atoms with Gasteiger partial charge in [-0.05, 0) is 67.4 Å². The first-order valence-electron chi connectivity index (χ1n) is 9.15. The van der Waals surface area contributed by atoms with Crippen LogP contribution in [0.15, 0.2) is 66.7 Å². The third kappa shape index (κ3) is 3.89. The van der Waals surface area contributed by atoms with Crippen molar-refractivity contribution in [2.24, 2.45) is 0 Å². The van der Waals surface area contributed by atoms with E-state index >= 15 is 0 Å². The summed E-state index contributed by atoms with van der Waals surface area (Å²) in [6.45, 7) is 2.73. The summed E-state index contributed by atoms with van der Waals surface area (Å²) in [4.78, 5) is 29.0. The van der Waals surface area contributed by atoms with Crippen molar-refractivity contribution in [1.29, 1.82) is 0 Å². The molecule has 0 radical (unpaired) electrons. The molecular formula is C23H20N2O2S. The normalized spacial score (nSPS) is 13.0. The quantitative estimate of drug-likeness (QED) is 0.646. The summed E-state index contributed by atoms with van der Waals surface area (Å²) in [6.07, 6.45) is 4.20. The fourth-order valence-corrected chi connectivity index (χ4v) is 4.07. The first kappa shape index (κ1) is 18.2. The monoisotopic (exact) mass is 388 g/mol. The molecule has 5 heteroatoms. The van der Waals surface area contributed by atoms with E-state index in [0.29, 0.717) is 17.8 Å². The summed E-state index contributed by atoms with van der Waals surface area (Å²) in [6, 6.07) is 19.0. The highest BCUT2D eigenvalue weighted by Gasteiger charge is 2.24. The van der Waals surface area contributed by atoms with Gasteiger partial charge in [-0.25, -0.2) is 0 Å². The second kappa shape index (κ2) is 7.82. The minimum Gasteiger partial charge on any atom is -0.323 e. The number of para-hydroxylation sites is 1. The fraction of sp³-hybridized carbons (Fsp3) is 0.130. The maximum absolute atomic E-state index is 12.8. The Labute approximate surface area is 168 Å². The average molecular weight is 388 g/mol. The van der Waals surface area contributed by atoms with E-state index in [1.165, 1.54) is 16.5 Å². The van der Waals surface area contributed by atoms with Gasteiger partial charge in [0.05, 0.1) is 0 Å². The molecular weight excluding hydrogens is 368 g/mol. The van der Waals surface area contributed by atoms with Crippen LogP contribution in [0.4, 0.5) is 11.4 Å². The Morgan fingerprint density at radius 3 is 2.57 bits per heavy atom. The van der Waals surface area contributed by atoms with E-state index in [9.17, 15) is 9.59 Å². The van der Waals surface area contributed by atoms with Gasteiger partial charge in [0, 0.05) is 39.3 Å². The smallest absolute Gasteiger partial charge is 0.258 e. The number of nitrogens with one attached hydrogen (secondary N) is 1. The van der Waals surface area contributed by atoms with Gasteiger partial charge in [0.1, 0.15) is 0 Å². The van der Waals surface area contributed by atoms with E-state index < -0.39 is 0 Å². The molecule has 1 N–H and O–H groups in total. The lowest BCUT2D eigenvalue weighted by Crippen LogP contribution is -2.28. The molecule has 0 saturated heterocycles. The van der Waals surface area contributed by atoms with E-state index in [4.69, 9.17) is 0 Å². The van der Waals surface area contributed by atoms with Crippen LogP contribution < -0.4 is 10.2 Å². The molecule has 4 rings (SSSR count). The number of anilines is 2. The highest BCUT2D eigenvalue weighted by atomic mass is 32.1. The van der Waals surface area contributed by atoms with Gasteiger partial charge in [0.15, 0.2) is 0 Å². The van der Waals surface area contributed by atoms with Crippen LogP contribution in [0.3, 0.4) is 0 Å². The van der Waals surface area contributed by atoms with Crippen molar-refractivity contribution >= 4 is 40.6 Å². The van der Waals surface area contributed by atoms with Crippen molar-refractivity contribution in [2.75, 3.05) is 16.8 Å². The highest BCUT2D eigenvalue weighted by molar-refractivity contribution is 7.12. The maximum Gasteiger partial charge on any atom is 0.258 e. The van der Waals surface area contributed by atoms with Gasteiger partial charge in [-0.1, -0.05) is 18.2 Å². The number of hydrogen-bond donors (Lipinski definition) is 1. The van der Waals surface area contributed by atoms with Crippen LogP contribution in [0.5, 0.6) is 0 Å². The van der Waals surface area contributed by atoms with Crippen LogP contribution in [-0.2, 0) is 11.2 Å². The van der Waals surface area contributed by atoms with Crippen molar-refractivity contribution in [2.45, 2.75) is 13.3 Å². The number of thiophene rings is 1. The standard InChI is InChI=1S/C23H20N2O2S/c1-16-6-11-20(28-16)12-13-22(26)24-19-9-7-18(8-10-19)23(27)25-15-14-17-4-2-3-5-21(17)25/h2-13H,14-15H2,1H3,(H,24,26)/b13-12+. The van der Waals surface area contributed by atoms with Gasteiger partial charge >= 0.3 is 0 Å². The molecule has 2 aromatic carbocycles. The molecule has 4 nitrogen and oxygen atoms in total. The molecule has 1 aromatic heterocycles. The van der Waals surface area contributed by atoms with Gasteiger partial charge in [0.25, 0.3) is 5.91 Å². The van der Waals surface area contributed by atoms with Crippen LogP contribution in [0.25, 0.3) is 6.08 Å². The third-order valence-corrected chi connectivity index (χ3v) is 5.66. The second-order valence-electron chi connectivity index (χ2n) is 6.68. The molecule has 2 amide bonds. The van der Waals surface area contributed by atoms with Crippen molar-refractivity contribution in [1.82, 2.24) is 0 Å². The predicted octanol–water partition coefficient (Wildman–Crippen LogP) is 4.91. The number of carbonyl (C=O) groups is 2. The Bertz CT molecular complexity index is 1050. The van der Waals surface area contributed by atoms with Gasteiger partial charge in [-0.3, -0.25) is 9.59 Å². The Kier molecular flexibility index (Phi) is 5.08. The van der Waals surface area contributed by atoms with Crippen LogP contribution >= 0.6 is 11.3 Å². The first-order chi connectivity index (χ1) is 13.6. The van der Waals surface area contributed by atoms with Gasteiger partial charge in [-0.2, -0.15) is 0 Å². The van der Waals surface area contributed by atoms with Crippen LogP contribution in [0, 0.1) is 6.92 Å². The van der Waals surface area contributed by atoms with Gasteiger partial charge < -0.3 is 10.2 Å². The third-order valence-electron chi connectivity index (χ3n) is 4.69. The Morgan fingerprint density at radius 1 is 1.04 bits per heavy atom. The number of benzene rings is 2. The van der Waals surface area contributed by atoms with Gasteiger partial charge in [-0.15, -0.1) is 11.3 Å². The number of carbonyl (C=O) groups excluding carboxylic acids is 2. The van der Waals surface area contributed by atoms with Crippen molar-refractivity contribution in [3.8, 4) is 0 Å². The molecule has 1 aliphatic rings. The lowest BCUT2D eigenvalue weighted by atomic mass is 10.1. The molecule has 0 spiro atoms. The van der Waals surface area contributed by atoms with Crippen molar-refractivity contribution in [3.63, 3.8) is 0 Å². The lowest BCUT2D eigenvalue weighted by Gasteiger charge is -2.17. The largest absolute Gasteiger partial charge is 0.323 e. The fourth-order valence-electron chi connectivity index (χ4n) is 3.29. The van der Waals surface area contributed by atoms with Crippen molar-refractivity contribution < 1.29 is 9.59 Å². The Hall–Kier alpha value is -3.18. The molecule has 1 aliphatic heterocycles. The van der Waals surface area contributed by atoms with E-state index in [2.05, 4.69) is 11.4 Å². The summed E-state index contributed by atoms with van der Waals surface area (Å²) in [7, 11) is 0. The minimum absolute atomic E-state index is 0.0178. The molecule has 2 heterocycles. The topological polar surface area (TPSA) is 49.4 Å². The molecule has 3 aromatic rings. The number of rotatable bonds is 4. The number of fused-ring (bicyclic) bond motifs is 1. The molecule has 0 atom stereocenters. The zero-order valence-corrected chi connectivity index (χ0v) is 16.3. The van der Waals surface area contributed by atoms with E-state index in [1.54, 1.807) is 41.7 Å². The lowest BCUT2D eigenvalue weighted by molar-refractivity contribution is -0.111. The number of nitrogens with zero attached hydrogens (tertiary/aromatic N) is 1. The molecule has 0 fully saturated rings. The zero-order chi connectivity index (χ0) is 19.5. The van der Waals surface area contributed by atoms with Crippen LogP contribution in [-0.4, -0.2) is 18.4 Å². The predicted molar refractivity (Wildman–Crippen MR) is 115 cm³/mol. The van der Waals surface area contributed by atoms with Crippen molar-refractivity contribution in [3.05, 3.63) is 87.6 Å². The van der Waals surface area contributed by atoms with Crippen LogP contribution in [0.1, 0.15) is 25.7 Å². The summed E-state index contributed by atoms with van der Waals surface area (Å²) >= 11 is 1.64. The summed E-state index contributed by atoms with van der Waals surface area (Å²) in [5, 5.41) is 2.82. The molecule has 0 bridgehead atoms. The molecule has 0 unspecified atom stereocenters. The van der Waals surface area contributed by atoms with E-state index in [0.717, 1.165) is 17.0 Å². The van der Waals surface area contributed by atoms with E-state index in [1.807, 2.05) is 42.2 Å². The zero-order valence-electron chi connectivity index (χ0n) is 15.5. The summed E-state index contributed by atoms with van der Waals surface area (Å²) < 4.78 is 0. The number of hydrogen-bond acceptors (Lipinski definition) is 3. The van der Waals surface area contributed by atoms with E-state index in [-0.39, 0.29) is 11.8 Å². The average Bonchev–Trinajstić information content (AvgIpc) is 3.32. The Balaban J connectivity index is 1.40. The molecule has 28 heavy (non-hydrogen) atoms. The summed E-state index contributed by atoms with van der Waals surface area (Å²) in [5.74, 6) is -0.214. The minimum atomic E-state index is -0.196. The second-order valence-corrected chi connectivity index (χ2v) is 8.00. The van der Waals surface area contributed by atoms with Crippen LogP contribution in [0.2, 0.25) is 0 Å². The maximum atomic E-state index is 12.8. The molecule has 0 aliphatic carbocycles. The Morgan fingerprint density at radius 2 is 1.82 bits per heavy atom. The SMILES string of the molecule is Cc1ccc(/C=C/C(=O)Nc2ccc(C(=O)N3CCc4ccccc43)cc2)s1. The molecule has 0 saturated carbocycles. The summed E-state index contributed by atoms with van der Waals surface area (Å²) in [5.41, 5.74) is 3.46. The first-order valence-corrected chi connectivity index (χ1v) is 9.97. The number of aryl methyl sites for hydroxylation is 1. The number of amides is 2.